The summed E-state index contributed by atoms with van der Waals surface area (Å²) in [4.78, 5) is 27.7. The number of carbonyl (C=O) groups excluding carboxylic acids is 2. The van der Waals surface area contributed by atoms with Crippen LogP contribution >= 0.6 is 0 Å². The number of hydrogen-bond donors (Lipinski definition) is 0. The van der Waals surface area contributed by atoms with Gasteiger partial charge >= 0.3 is 0 Å². The molecular weight excluding hydrogens is 319 g/mol. The summed E-state index contributed by atoms with van der Waals surface area (Å²) in [6, 6.07) is 13.7. The Morgan fingerprint density at radius 3 is 2.72 bits per heavy atom. The highest BCUT2D eigenvalue weighted by Gasteiger charge is 2.20. The van der Waals surface area contributed by atoms with Crippen molar-refractivity contribution in [3.8, 4) is 0 Å². The Kier molecular flexibility index (Phi) is 5.12. The zero-order valence-electron chi connectivity index (χ0n) is 14.2. The van der Waals surface area contributed by atoms with E-state index in [-0.39, 0.29) is 24.2 Å². The fourth-order valence-electron chi connectivity index (χ4n) is 3.07. The van der Waals surface area contributed by atoms with Crippen molar-refractivity contribution in [3.05, 3.63) is 71.0 Å². The van der Waals surface area contributed by atoms with Gasteiger partial charge in [0.05, 0.1) is 0 Å². The van der Waals surface area contributed by atoms with E-state index >= 15 is 0 Å². The van der Waals surface area contributed by atoms with Gasteiger partial charge in [0.25, 0.3) is 5.91 Å². The van der Waals surface area contributed by atoms with Gasteiger partial charge in [-0.25, -0.2) is 4.39 Å². The maximum atomic E-state index is 13.8. The second-order valence-electron chi connectivity index (χ2n) is 6.37. The topological polar surface area (TPSA) is 40.6 Å². The zero-order chi connectivity index (χ0) is 17.8. The van der Waals surface area contributed by atoms with Gasteiger partial charge in [-0.15, -0.1) is 0 Å². The van der Waals surface area contributed by atoms with E-state index in [1.165, 1.54) is 11.0 Å². The molecule has 0 atom stereocenters. The van der Waals surface area contributed by atoms with Crippen LogP contribution in [-0.4, -0.2) is 35.2 Å². The molecule has 130 valence electrons. The van der Waals surface area contributed by atoms with Crippen molar-refractivity contribution in [2.45, 2.75) is 25.9 Å². The van der Waals surface area contributed by atoms with Crippen molar-refractivity contribution in [3.63, 3.8) is 0 Å². The summed E-state index contributed by atoms with van der Waals surface area (Å²) in [5.74, 6) is -0.324. The molecule has 1 aliphatic rings. The van der Waals surface area contributed by atoms with Crippen molar-refractivity contribution < 1.29 is 14.0 Å². The molecule has 2 amide bonds. The number of nitrogens with zero attached hydrogens (tertiary/aromatic N) is 2. The minimum Gasteiger partial charge on any atom is -0.338 e. The highest BCUT2D eigenvalue weighted by molar-refractivity contribution is 5.94. The lowest BCUT2D eigenvalue weighted by atomic mass is 10.1. The lowest BCUT2D eigenvalue weighted by Crippen LogP contribution is -2.27. The average molecular weight is 340 g/mol. The Morgan fingerprint density at radius 1 is 1.20 bits per heavy atom. The van der Waals surface area contributed by atoms with E-state index in [0.717, 1.165) is 18.5 Å². The first-order chi connectivity index (χ1) is 12.0. The third kappa shape index (κ3) is 4.05. The summed E-state index contributed by atoms with van der Waals surface area (Å²) >= 11 is 0. The molecule has 1 fully saturated rings. The minimum absolute atomic E-state index is 0.161. The van der Waals surface area contributed by atoms with Crippen LogP contribution in [0.1, 0.15) is 34.3 Å². The molecule has 1 heterocycles. The number of amides is 2. The van der Waals surface area contributed by atoms with Gasteiger partial charge in [0.2, 0.25) is 5.91 Å². The maximum absolute atomic E-state index is 13.8. The Bertz CT molecular complexity index is 791. The van der Waals surface area contributed by atoms with Gasteiger partial charge in [-0.05, 0) is 30.2 Å². The fraction of sp³-hybridized carbons (Fsp3) is 0.300. The smallest absolute Gasteiger partial charge is 0.253 e. The standard InChI is InChI=1S/C20H21FN2O2/c1-22(14-17-7-2-3-9-18(17)21)20(25)16-8-4-6-15(12-16)13-23-11-5-10-19(23)24/h2-4,6-9,12H,5,10-11,13-14H2,1H3. The Labute approximate surface area is 146 Å². The van der Waals surface area contributed by atoms with Crippen LogP contribution in [0.25, 0.3) is 0 Å². The van der Waals surface area contributed by atoms with Gasteiger partial charge in [0.1, 0.15) is 5.82 Å². The van der Waals surface area contributed by atoms with Crippen molar-refractivity contribution in [1.29, 1.82) is 0 Å². The first kappa shape index (κ1) is 17.1. The van der Waals surface area contributed by atoms with Crippen LogP contribution in [0.5, 0.6) is 0 Å². The maximum Gasteiger partial charge on any atom is 0.253 e. The third-order valence-corrected chi connectivity index (χ3v) is 4.43. The van der Waals surface area contributed by atoms with E-state index in [0.29, 0.717) is 24.1 Å². The van der Waals surface area contributed by atoms with Crippen LogP contribution in [-0.2, 0) is 17.9 Å². The quantitative estimate of drug-likeness (QED) is 0.838. The monoisotopic (exact) mass is 340 g/mol. The largest absolute Gasteiger partial charge is 0.338 e. The molecule has 25 heavy (non-hydrogen) atoms. The number of carbonyl (C=O) groups is 2. The number of likely N-dealkylation sites (tertiary alicyclic amines) is 1. The van der Waals surface area contributed by atoms with E-state index in [9.17, 15) is 14.0 Å². The Balaban J connectivity index is 1.70. The van der Waals surface area contributed by atoms with E-state index in [2.05, 4.69) is 0 Å². The lowest BCUT2D eigenvalue weighted by Gasteiger charge is -2.19. The number of rotatable bonds is 5. The number of hydrogen-bond acceptors (Lipinski definition) is 2. The summed E-state index contributed by atoms with van der Waals surface area (Å²) in [5, 5.41) is 0. The number of benzene rings is 2. The summed E-state index contributed by atoms with van der Waals surface area (Å²) in [6.45, 7) is 1.50. The second kappa shape index (κ2) is 7.47. The van der Waals surface area contributed by atoms with Crippen LogP contribution in [0.15, 0.2) is 48.5 Å². The van der Waals surface area contributed by atoms with E-state index in [4.69, 9.17) is 0 Å². The molecule has 3 rings (SSSR count). The van der Waals surface area contributed by atoms with Crippen molar-refractivity contribution in [1.82, 2.24) is 9.80 Å². The van der Waals surface area contributed by atoms with Crippen LogP contribution in [0.4, 0.5) is 4.39 Å². The normalized spacial score (nSPS) is 14.0. The first-order valence-corrected chi connectivity index (χ1v) is 8.40. The molecule has 0 aromatic heterocycles. The predicted molar refractivity (Wildman–Crippen MR) is 93.3 cm³/mol. The summed E-state index contributed by atoms with van der Waals surface area (Å²) in [7, 11) is 1.66. The van der Waals surface area contributed by atoms with E-state index in [1.54, 1.807) is 31.3 Å². The minimum atomic E-state index is -0.316. The van der Waals surface area contributed by atoms with Gasteiger partial charge in [0.15, 0.2) is 0 Å². The molecule has 0 spiro atoms. The van der Waals surface area contributed by atoms with Gasteiger partial charge in [-0.3, -0.25) is 9.59 Å². The molecule has 2 aromatic rings. The van der Waals surface area contributed by atoms with Crippen LogP contribution in [0.3, 0.4) is 0 Å². The molecule has 0 N–H and O–H groups in total. The second-order valence-corrected chi connectivity index (χ2v) is 6.37. The van der Waals surface area contributed by atoms with Gasteiger partial charge in [0, 0.05) is 44.2 Å². The van der Waals surface area contributed by atoms with Crippen LogP contribution in [0.2, 0.25) is 0 Å². The first-order valence-electron chi connectivity index (χ1n) is 8.40. The van der Waals surface area contributed by atoms with Gasteiger partial charge in [-0.1, -0.05) is 30.3 Å². The fourth-order valence-corrected chi connectivity index (χ4v) is 3.07. The molecular formula is C20H21FN2O2. The molecule has 0 saturated carbocycles. The zero-order valence-corrected chi connectivity index (χ0v) is 14.2. The van der Waals surface area contributed by atoms with Gasteiger partial charge < -0.3 is 9.80 Å². The van der Waals surface area contributed by atoms with Crippen molar-refractivity contribution >= 4 is 11.8 Å². The third-order valence-electron chi connectivity index (χ3n) is 4.43. The molecule has 0 bridgehead atoms. The van der Waals surface area contributed by atoms with Crippen molar-refractivity contribution in [2.24, 2.45) is 0 Å². The Hall–Kier alpha value is -2.69. The average Bonchev–Trinajstić information content (AvgIpc) is 3.01. The molecule has 1 aliphatic heterocycles. The number of halogens is 1. The molecule has 0 aliphatic carbocycles. The summed E-state index contributed by atoms with van der Waals surface area (Å²) < 4.78 is 13.8. The predicted octanol–water partition coefficient (Wildman–Crippen LogP) is 3.22. The summed E-state index contributed by atoms with van der Waals surface area (Å²) in [5.41, 5.74) is 1.96. The van der Waals surface area contributed by atoms with Crippen molar-refractivity contribution in [2.75, 3.05) is 13.6 Å². The van der Waals surface area contributed by atoms with Crippen LogP contribution < -0.4 is 0 Å². The highest BCUT2D eigenvalue weighted by atomic mass is 19.1. The van der Waals surface area contributed by atoms with E-state index < -0.39 is 0 Å². The molecule has 5 heteroatoms. The van der Waals surface area contributed by atoms with Crippen LogP contribution in [0, 0.1) is 5.82 Å². The molecule has 2 aromatic carbocycles. The molecule has 1 saturated heterocycles. The molecule has 4 nitrogen and oxygen atoms in total. The SMILES string of the molecule is CN(Cc1ccccc1F)C(=O)c1cccc(CN2CCCC2=O)c1. The highest BCUT2D eigenvalue weighted by Crippen LogP contribution is 2.17. The molecule has 0 unspecified atom stereocenters. The molecule has 0 radical (unpaired) electrons. The summed E-state index contributed by atoms with van der Waals surface area (Å²) in [6.07, 6.45) is 1.49. The van der Waals surface area contributed by atoms with E-state index in [1.807, 2.05) is 23.1 Å². The van der Waals surface area contributed by atoms with Gasteiger partial charge in [-0.2, -0.15) is 0 Å². The lowest BCUT2D eigenvalue weighted by molar-refractivity contribution is -0.128. The Morgan fingerprint density at radius 2 is 2.00 bits per heavy atom.